The SMILES string of the molecule is CCc1c(C)ccc2c1NC(C)(C)C(O)C2C. The number of benzene rings is 1. The van der Waals surface area contributed by atoms with Crippen molar-refractivity contribution >= 4 is 5.69 Å². The molecule has 0 spiro atoms. The molecule has 1 aromatic rings. The minimum Gasteiger partial charge on any atom is -0.390 e. The van der Waals surface area contributed by atoms with Gasteiger partial charge in [-0.15, -0.1) is 0 Å². The van der Waals surface area contributed by atoms with Gasteiger partial charge in [0.25, 0.3) is 0 Å². The molecule has 0 radical (unpaired) electrons. The molecule has 1 aliphatic heterocycles. The van der Waals surface area contributed by atoms with Gasteiger partial charge in [-0.2, -0.15) is 0 Å². The summed E-state index contributed by atoms with van der Waals surface area (Å²) >= 11 is 0. The Morgan fingerprint density at radius 1 is 1.35 bits per heavy atom. The van der Waals surface area contributed by atoms with E-state index < -0.39 is 0 Å². The highest BCUT2D eigenvalue weighted by Gasteiger charge is 2.39. The van der Waals surface area contributed by atoms with E-state index in [-0.39, 0.29) is 17.6 Å². The van der Waals surface area contributed by atoms with Crippen LogP contribution in [0.3, 0.4) is 0 Å². The Hall–Kier alpha value is -1.02. The van der Waals surface area contributed by atoms with Gasteiger partial charge in [-0.1, -0.05) is 26.0 Å². The van der Waals surface area contributed by atoms with Crippen molar-refractivity contribution in [3.05, 3.63) is 28.8 Å². The summed E-state index contributed by atoms with van der Waals surface area (Å²) in [6.45, 7) is 10.6. The summed E-state index contributed by atoms with van der Waals surface area (Å²) in [6, 6.07) is 4.32. The third kappa shape index (κ3) is 1.85. The van der Waals surface area contributed by atoms with Crippen LogP contribution < -0.4 is 5.32 Å². The van der Waals surface area contributed by atoms with Crippen molar-refractivity contribution in [1.29, 1.82) is 0 Å². The fourth-order valence-corrected chi connectivity index (χ4v) is 2.94. The van der Waals surface area contributed by atoms with Crippen LogP contribution >= 0.6 is 0 Å². The fourth-order valence-electron chi connectivity index (χ4n) is 2.94. The van der Waals surface area contributed by atoms with Gasteiger partial charge in [0, 0.05) is 11.6 Å². The molecular formula is C15H23NO. The number of hydrogen-bond donors (Lipinski definition) is 2. The summed E-state index contributed by atoms with van der Waals surface area (Å²) in [5.41, 5.74) is 4.95. The van der Waals surface area contributed by atoms with Crippen LogP contribution in [-0.4, -0.2) is 16.7 Å². The average Bonchev–Trinajstić information content (AvgIpc) is 2.26. The number of rotatable bonds is 1. The second kappa shape index (κ2) is 4.02. The third-order valence-corrected chi connectivity index (χ3v) is 4.08. The second-order valence-corrected chi connectivity index (χ2v) is 5.76. The number of aryl methyl sites for hydroxylation is 1. The minimum atomic E-state index is -0.345. The number of hydrogen-bond acceptors (Lipinski definition) is 2. The molecule has 2 atom stereocenters. The van der Waals surface area contributed by atoms with Crippen molar-refractivity contribution in [1.82, 2.24) is 0 Å². The van der Waals surface area contributed by atoms with Crippen LogP contribution in [-0.2, 0) is 6.42 Å². The average molecular weight is 233 g/mol. The highest BCUT2D eigenvalue weighted by atomic mass is 16.3. The van der Waals surface area contributed by atoms with Crippen molar-refractivity contribution in [2.45, 2.75) is 58.6 Å². The maximum Gasteiger partial charge on any atom is 0.0830 e. The van der Waals surface area contributed by atoms with Gasteiger partial charge in [-0.25, -0.2) is 0 Å². The molecule has 2 unspecified atom stereocenters. The topological polar surface area (TPSA) is 32.3 Å². The van der Waals surface area contributed by atoms with Crippen LogP contribution in [0, 0.1) is 6.92 Å². The quantitative estimate of drug-likeness (QED) is 0.780. The maximum atomic E-state index is 10.3. The number of fused-ring (bicyclic) bond motifs is 1. The van der Waals surface area contributed by atoms with E-state index in [1.54, 1.807) is 0 Å². The number of aliphatic hydroxyl groups is 1. The van der Waals surface area contributed by atoms with Gasteiger partial charge in [0.2, 0.25) is 0 Å². The highest BCUT2D eigenvalue weighted by molar-refractivity contribution is 5.65. The molecule has 94 valence electrons. The van der Waals surface area contributed by atoms with Crippen molar-refractivity contribution in [2.75, 3.05) is 5.32 Å². The summed E-state index contributed by atoms with van der Waals surface area (Å²) in [6.07, 6.45) is 0.684. The molecule has 0 bridgehead atoms. The first-order chi connectivity index (χ1) is 7.88. The normalized spacial score (nSPS) is 26.2. The Bertz CT molecular complexity index is 437. The summed E-state index contributed by atoms with van der Waals surface area (Å²) in [7, 11) is 0. The summed E-state index contributed by atoms with van der Waals surface area (Å²) < 4.78 is 0. The van der Waals surface area contributed by atoms with Crippen LogP contribution in [0.1, 0.15) is 50.3 Å². The molecule has 1 heterocycles. The first-order valence-corrected chi connectivity index (χ1v) is 6.47. The molecule has 2 heteroatoms. The zero-order valence-electron chi connectivity index (χ0n) is 11.5. The lowest BCUT2D eigenvalue weighted by molar-refractivity contribution is 0.0868. The van der Waals surface area contributed by atoms with Gasteiger partial charge in [0.15, 0.2) is 0 Å². The van der Waals surface area contributed by atoms with Crippen molar-refractivity contribution in [3.63, 3.8) is 0 Å². The summed E-state index contributed by atoms with van der Waals surface area (Å²) in [5, 5.41) is 13.8. The zero-order chi connectivity index (χ0) is 12.8. The monoisotopic (exact) mass is 233 g/mol. The predicted molar refractivity (Wildman–Crippen MR) is 72.7 cm³/mol. The van der Waals surface area contributed by atoms with Gasteiger partial charge >= 0.3 is 0 Å². The number of anilines is 1. The number of aliphatic hydroxyl groups excluding tert-OH is 1. The van der Waals surface area contributed by atoms with Gasteiger partial charge < -0.3 is 10.4 Å². The van der Waals surface area contributed by atoms with E-state index in [4.69, 9.17) is 0 Å². The summed E-state index contributed by atoms with van der Waals surface area (Å²) in [5.74, 6) is 0.187. The van der Waals surface area contributed by atoms with E-state index in [2.05, 4.69) is 52.1 Å². The van der Waals surface area contributed by atoms with Crippen LogP contribution in [0.25, 0.3) is 0 Å². The predicted octanol–water partition coefficient (Wildman–Crippen LogP) is 3.23. The van der Waals surface area contributed by atoms with E-state index >= 15 is 0 Å². The molecule has 0 amide bonds. The number of nitrogens with one attached hydrogen (secondary N) is 1. The van der Waals surface area contributed by atoms with Crippen LogP contribution in [0.5, 0.6) is 0 Å². The van der Waals surface area contributed by atoms with Gasteiger partial charge in [0.05, 0.1) is 11.6 Å². The Morgan fingerprint density at radius 2 is 2.00 bits per heavy atom. The van der Waals surface area contributed by atoms with E-state index in [1.807, 2.05) is 0 Å². The first kappa shape index (κ1) is 12.4. The molecular weight excluding hydrogens is 210 g/mol. The smallest absolute Gasteiger partial charge is 0.0830 e. The Labute approximate surface area is 104 Å². The Kier molecular flexibility index (Phi) is 2.94. The minimum absolute atomic E-state index is 0.187. The molecule has 0 saturated carbocycles. The van der Waals surface area contributed by atoms with Gasteiger partial charge in [-0.05, 0) is 43.9 Å². The van der Waals surface area contributed by atoms with E-state index in [0.29, 0.717) is 0 Å². The molecule has 17 heavy (non-hydrogen) atoms. The van der Waals surface area contributed by atoms with Crippen molar-refractivity contribution in [2.24, 2.45) is 0 Å². The maximum absolute atomic E-state index is 10.3. The molecule has 0 saturated heterocycles. The molecule has 1 aromatic carbocycles. The first-order valence-electron chi connectivity index (χ1n) is 6.47. The lowest BCUT2D eigenvalue weighted by atomic mass is 9.77. The van der Waals surface area contributed by atoms with Gasteiger partial charge in [-0.3, -0.25) is 0 Å². The van der Waals surface area contributed by atoms with Crippen LogP contribution in [0.15, 0.2) is 12.1 Å². The standard InChI is InChI=1S/C15H23NO/c1-6-11-9(2)7-8-12-10(3)14(17)15(4,5)16-13(11)12/h7-8,10,14,16-17H,6H2,1-5H3. The zero-order valence-corrected chi connectivity index (χ0v) is 11.5. The van der Waals surface area contributed by atoms with E-state index in [0.717, 1.165) is 6.42 Å². The van der Waals surface area contributed by atoms with Crippen LogP contribution in [0.4, 0.5) is 5.69 Å². The fraction of sp³-hybridized carbons (Fsp3) is 0.600. The van der Waals surface area contributed by atoms with Crippen LogP contribution in [0.2, 0.25) is 0 Å². The molecule has 0 aromatic heterocycles. The lowest BCUT2D eigenvalue weighted by Crippen LogP contribution is -2.50. The molecule has 2 N–H and O–H groups in total. The molecule has 0 fully saturated rings. The Balaban J connectivity index is 2.61. The molecule has 1 aliphatic rings. The molecule has 0 aliphatic carbocycles. The Morgan fingerprint density at radius 3 is 2.59 bits per heavy atom. The highest BCUT2D eigenvalue weighted by Crippen LogP contribution is 2.41. The van der Waals surface area contributed by atoms with E-state index in [1.165, 1.54) is 22.4 Å². The summed E-state index contributed by atoms with van der Waals surface area (Å²) in [4.78, 5) is 0. The largest absolute Gasteiger partial charge is 0.390 e. The van der Waals surface area contributed by atoms with E-state index in [9.17, 15) is 5.11 Å². The lowest BCUT2D eigenvalue weighted by Gasteiger charge is -2.43. The molecule has 2 rings (SSSR count). The molecule has 2 nitrogen and oxygen atoms in total. The third-order valence-electron chi connectivity index (χ3n) is 4.08. The van der Waals surface area contributed by atoms with Crippen molar-refractivity contribution in [3.8, 4) is 0 Å². The van der Waals surface area contributed by atoms with Gasteiger partial charge in [0.1, 0.15) is 0 Å². The van der Waals surface area contributed by atoms with Crippen molar-refractivity contribution < 1.29 is 5.11 Å². The second-order valence-electron chi connectivity index (χ2n) is 5.76.